The third-order valence-corrected chi connectivity index (χ3v) is 8.15. The van der Waals surface area contributed by atoms with E-state index in [1.165, 1.54) is 12.8 Å². The molecule has 0 radical (unpaired) electrons. The SMILES string of the molecule is CCCCCC1=NC2c3ccccc3N(C(=O)c3ccc(NC(=O)c4ccccc4-c4ccccc4)cc3)CCC2N1. The number of nitrogens with one attached hydrogen (secondary N) is 2. The van der Waals surface area contributed by atoms with Gasteiger partial charge in [0.1, 0.15) is 0 Å². The molecule has 0 aromatic heterocycles. The molecule has 2 aliphatic heterocycles. The fourth-order valence-corrected chi connectivity index (χ4v) is 5.97. The number of amides is 2. The summed E-state index contributed by atoms with van der Waals surface area (Å²) in [4.78, 5) is 34.0. The number of carbonyl (C=O) groups is 2. The highest BCUT2D eigenvalue weighted by Crippen LogP contribution is 2.38. The molecule has 2 amide bonds. The third kappa shape index (κ3) is 5.70. The van der Waals surface area contributed by atoms with Crippen LogP contribution in [0.25, 0.3) is 11.1 Å². The van der Waals surface area contributed by atoms with E-state index in [0.717, 1.165) is 47.5 Å². The summed E-state index contributed by atoms with van der Waals surface area (Å²) in [5.41, 5.74) is 5.69. The molecule has 4 aromatic rings. The van der Waals surface area contributed by atoms with Crippen LogP contribution in [0.15, 0.2) is 108 Å². The summed E-state index contributed by atoms with van der Waals surface area (Å²) in [5, 5.41) is 6.66. The second-order valence-electron chi connectivity index (χ2n) is 11.0. The van der Waals surface area contributed by atoms with Crippen molar-refractivity contribution < 1.29 is 9.59 Å². The Balaban J connectivity index is 1.18. The van der Waals surface area contributed by atoms with Crippen LogP contribution in [0.3, 0.4) is 0 Å². The van der Waals surface area contributed by atoms with Gasteiger partial charge in [0.25, 0.3) is 11.8 Å². The van der Waals surface area contributed by atoms with Gasteiger partial charge in [-0.05, 0) is 60.4 Å². The molecule has 4 aromatic carbocycles. The second kappa shape index (κ2) is 12.4. The van der Waals surface area contributed by atoms with Crippen LogP contribution in [0.4, 0.5) is 11.4 Å². The average Bonchev–Trinajstić information content (AvgIpc) is 3.38. The normalized spacial score (nSPS) is 17.4. The quantitative estimate of drug-likeness (QED) is 0.219. The molecule has 2 N–H and O–H groups in total. The number of unbranched alkanes of at least 4 members (excludes halogenated alkanes) is 2. The number of aliphatic imine (C=N–C) groups is 1. The molecule has 0 saturated heterocycles. The van der Waals surface area contributed by atoms with Gasteiger partial charge in [-0.3, -0.25) is 14.6 Å². The van der Waals surface area contributed by atoms with Crippen molar-refractivity contribution in [3.63, 3.8) is 0 Å². The minimum absolute atomic E-state index is 0.0204. The number of anilines is 2. The van der Waals surface area contributed by atoms with Crippen LogP contribution in [-0.2, 0) is 0 Å². The van der Waals surface area contributed by atoms with Crippen molar-refractivity contribution in [1.82, 2.24) is 5.32 Å². The highest BCUT2D eigenvalue weighted by atomic mass is 16.2. The summed E-state index contributed by atoms with van der Waals surface area (Å²) in [7, 11) is 0. The summed E-state index contributed by atoms with van der Waals surface area (Å²) < 4.78 is 0. The van der Waals surface area contributed by atoms with Crippen molar-refractivity contribution in [3.05, 3.63) is 120 Å². The minimum Gasteiger partial charge on any atom is -0.369 e. The summed E-state index contributed by atoms with van der Waals surface area (Å²) in [6, 6.07) is 33.0. The Morgan fingerprint density at radius 1 is 0.881 bits per heavy atom. The van der Waals surface area contributed by atoms with Crippen LogP contribution in [0.1, 0.15) is 71.3 Å². The molecule has 2 aliphatic rings. The lowest BCUT2D eigenvalue weighted by molar-refractivity contribution is 0.0985. The molecule has 0 saturated carbocycles. The van der Waals surface area contributed by atoms with E-state index in [2.05, 4.69) is 23.6 Å². The van der Waals surface area contributed by atoms with E-state index in [1.54, 1.807) is 24.3 Å². The smallest absolute Gasteiger partial charge is 0.258 e. The Hall–Kier alpha value is -4.71. The predicted molar refractivity (Wildman–Crippen MR) is 170 cm³/mol. The largest absolute Gasteiger partial charge is 0.369 e. The van der Waals surface area contributed by atoms with E-state index in [-0.39, 0.29) is 23.9 Å². The van der Waals surface area contributed by atoms with Gasteiger partial charge >= 0.3 is 0 Å². The molecule has 2 atom stereocenters. The summed E-state index contributed by atoms with van der Waals surface area (Å²) >= 11 is 0. The molecule has 0 spiro atoms. The number of nitrogens with zero attached hydrogens (tertiary/aromatic N) is 2. The Kier molecular flexibility index (Phi) is 8.13. The fourth-order valence-electron chi connectivity index (χ4n) is 5.97. The number of carbonyl (C=O) groups excluding carboxylic acids is 2. The van der Waals surface area contributed by atoms with Crippen LogP contribution in [0.5, 0.6) is 0 Å². The van der Waals surface area contributed by atoms with Gasteiger partial charge in [0.15, 0.2) is 0 Å². The fraction of sp³-hybridized carbons (Fsp3) is 0.250. The summed E-state index contributed by atoms with van der Waals surface area (Å²) in [5.74, 6) is 0.850. The molecule has 212 valence electrons. The summed E-state index contributed by atoms with van der Waals surface area (Å²) in [6.07, 6.45) is 5.34. The van der Waals surface area contributed by atoms with Crippen LogP contribution >= 0.6 is 0 Å². The molecule has 0 fully saturated rings. The van der Waals surface area contributed by atoms with Crippen molar-refractivity contribution in [2.24, 2.45) is 4.99 Å². The van der Waals surface area contributed by atoms with Crippen LogP contribution in [0, 0.1) is 0 Å². The molecule has 0 aliphatic carbocycles. The zero-order chi connectivity index (χ0) is 28.9. The van der Waals surface area contributed by atoms with Gasteiger partial charge in [0.2, 0.25) is 0 Å². The first kappa shape index (κ1) is 27.5. The number of hydrogen-bond donors (Lipinski definition) is 2. The first-order valence-corrected chi connectivity index (χ1v) is 14.9. The van der Waals surface area contributed by atoms with E-state index in [9.17, 15) is 9.59 Å². The van der Waals surface area contributed by atoms with Gasteiger partial charge in [-0.2, -0.15) is 0 Å². The molecule has 6 heteroatoms. The second-order valence-corrected chi connectivity index (χ2v) is 11.0. The standard InChI is InChI=1S/C36H36N4O2/c1-2-3-5-18-33-38-31-23-24-40(32-17-11-10-16-30(32)34(31)39-33)36(42)26-19-21-27(22-20-26)37-35(41)29-15-9-8-14-28(29)25-12-6-4-7-13-25/h4,6-17,19-22,31,34H,2-3,5,18,23-24H2,1H3,(H,37,41)(H,38,39). The maximum absolute atomic E-state index is 13.8. The van der Waals surface area contributed by atoms with E-state index < -0.39 is 0 Å². The van der Waals surface area contributed by atoms with Gasteiger partial charge in [-0.15, -0.1) is 0 Å². The Bertz CT molecular complexity index is 1600. The molecule has 42 heavy (non-hydrogen) atoms. The van der Waals surface area contributed by atoms with Crippen LogP contribution < -0.4 is 15.5 Å². The highest BCUT2D eigenvalue weighted by molar-refractivity contribution is 6.10. The molecular formula is C36H36N4O2. The lowest BCUT2D eigenvalue weighted by Crippen LogP contribution is -2.35. The molecule has 2 heterocycles. The van der Waals surface area contributed by atoms with Crippen molar-refractivity contribution in [3.8, 4) is 11.1 Å². The third-order valence-electron chi connectivity index (χ3n) is 8.15. The molecular weight excluding hydrogens is 520 g/mol. The molecule has 2 unspecified atom stereocenters. The van der Waals surface area contributed by atoms with Crippen molar-refractivity contribution in [2.45, 2.75) is 51.1 Å². The van der Waals surface area contributed by atoms with E-state index in [4.69, 9.17) is 4.99 Å². The molecule has 0 bridgehead atoms. The van der Waals surface area contributed by atoms with Crippen molar-refractivity contribution >= 4 is 29.0 Å². The monoisotopic (exact) mass is 556 g/mol. The number of hydrogen-bond acceptors (Lipinski definition) is 4. The number of para-hydroxylation sites is 1. The van der Waals surface area contributed by atoms with E-state index >= 15 is 0 Å². The maximum Gasteiger partial charge on any atom is 0.258 e. The zero-order valence-corrected chi connectivity index (χ0v) is 23.9. The first-order chi connectivity index (χ1) is 20.6. The number of benzene rings is 4. The topological polar surface area (TPSA) is 73.8 Å². The van der Waals surface area contributed by atoms with Gasteiger partial charge in [-0.1, -0.05) is 86.5 Å². The van der Waals surface area contributed by atoms with Crippen LogP contribution in [0.2, 0.25) is 0 Å². The summed E-state index contributed by atoms with van der Waals surface area (Å²) in [6.45, 7) is 2.82. The Labute approximate surface area is 247 Å². The van der Waals surface area contributed by atoms with E-state index in [1.807, 2.05) is 77.7 Å². The number of fused-ring (bicyclic) bond motifs is 3. The van der Waals surface area contributed by atoms with Gasteiger partial charge in [-0.25, -0.2) is 0 Å². The number of amidine groups is 1. The Morgan fingerprint density at radius 3 is 2.43 bits per heavy atom. The van der Waals surface area contributed by atoms with Crippen molar-refractivity contribution in [2.75, 3.05) is 16.8 Å². The maximum atomic E-state index is 13.8. The minimum atomic E-state index is -0.191. The molecule has 6 rings (SSSR count). The first-order valence-electron chi connectivity index (χ1n) is 14.9. The van der Waals surface area contributed by atoms with Gasteiger partial charge < -0.3 is 15.5 Å². The Morgan fingerprint density at radius 2 is 1.62 bits per heavy atom. The predicted octanol–water partition coefficient (Wildman–Crippen LogP) is 7.65. The van der Waals surface area contributed by atoms with Crippen molar-refractivity contribution in [1.29, 1.82) is 0 Å². The van der Waals surface area contributed by atoms with Crippen LogP contribution in [-0.4, -0.2) is 30.2 Å². The van der Waals surface area contributed by atoms with Gasteiger partial charge in [0.05, 0.1) is 17.9 Å². The lowest BCUT2D eigenvalue weighted by Gasteiger charge is -2.23. The lowest BCUT2D eigenvalue weighted by atomic mass is 9.99. The number of rotatable bonds is 8. The highest BCUT2D eigenvalue weighted by Gasteiger charge is 2.36. The van der Waals surface area contributed by atoms with E-state index in [0.29, 0.717) is 23.4 Å². The molecule has 6 nitrogen and oxygen atoms in total. The zero-order valence-electron chi connectivity index (χ0n) is 23.9. The van der Waals surface area contributed by atoms with Gasteiger partial charge in [0, 0.05) is 41.0 Å². The average molecular weight is 557 g/mol.